The Morgan fingerprint density at radius 2 is 2.11 bits per heavy atom. The molecule has 0 saturated carbocycles. The Kier molecular flexibility index (Phi) is 5.70. The first-order chi connectivity index (χ1) is 8.63. The summed E-state index contributed by atoms with van der Waals surface area (Å²) in [6, 6.07) is 6.74. The second-order valence-corrected chi connectivity index (χ2v) is 3.67. The third kappa shape index (κ3) is 4.86. The van der Waals surface area contributed by atoms with Gasteiger partial charge in [0.25, 0.3) is 0 Å². The van der Waals surface area contributed by atoms with Crippen LogP contribution in [0.5, 0.6) is 5.75 Å². The fourth-order valence-corrected chi connectivity index (χ4v) is 1.36. The molecule has 0 unspecified atom stereocenters. The first-order valence-corrected chi connectivity index (χ1v) is 5.81. The van der Waals surface area contributed by atoms with Crippen LogP contribution in [0, 0.1) is 0 Å². The van der Waals surface area contributed by atoms with E-state index in [4.69, 9.17) is 15.2 Å². The molecule has 0 aliphatic rings. The van der Waals surface area contributed by atoms with Crippen molar-refractivity contribution in [2.45, 2.75) is 19.8 Å². The van der Waals surface area contributed by atoms with Crippen molar-refractivity contribution in [3.05, 3.63) is 29.8 Å². The van der Waals surface area contributed by atoms with Crippen LogP contribution in [0.15, 0.2) is 24.3 Å². The second kappa shape index (κ2) is 7.32. The maximum absolute atomic E-state index is 11.5. The molecule has 0 radical (unpaired) electrons. The molecule has 5 heteroatoms. The van der Waals surface area contributed by atoms with Gasteiger partial charge < -0.3 is 15.2 Å². The highest BCUT2D eigenvalue weighted by Gasteiger charge is 2.07. The first kappa shape index (κ1) is 14.0. The van der Waals surface area contributed by atoms with Gasteiger partial charge >= 0.3 is 5.97 Å². The summed E-state index contributed by atoms with van der Waals surface area (Å²) in [4.78, 5) is 22.0. The van der Waals surface area contributed by atoms with Crippen LogP contribution in [0.2, 0.25) is 0 Å². The van der Waals surface area contributed by atoms with Crippen molar-refractivity contribution < 1.29 is 19.1 Å². The van der Waals surface area contributed by atoms with Crippen LogP contribution in [-0.4, -0.2) is 25.1 Å². The van der Waals surface area contributed by atoms with Crippen molar-refractivity contribution in [2.24, 2.45) is 5.73 Å². The van der Waals surface area contributed by atoms with E-state index < -0.39 is 0 Å². The van der Waals surface area contributed by atoms with Crippen LogP contribution >= 0.6 is 0 Å². The molecule has 0 aliphatic heterocycles. The molecule has 0 aromatic heterocycles. The van der Waals surface area contributed by atoms with Gasteiger partial charge in [0.15, 0.2) is 0 Å². The molecule has 0 atom stereocenters. The van der Waals surface area contributed by atoms with Gasteiger partial charge in [-0.15, -0.1) is 0 Å². The van der Waals surface area contributed by atoms with E-state index in [0.717, 1.165) is 0 Å². The van der Waals surface area contributed by atoms with Crippen molar-refractivity contribution in [2.75, 3.05) is 13.2 Å². The average molecular weight is 251 g/mol. The predicted molar refractivity (Wildman–Crippen MR) is 66.3 cm³/mol. The number of esters is 1. The third-order valence-corrected chi connectivity index (χ3v) is 2.18. The van der Waals surface area contributed by atoms with Crippen LogP contribution < -0.4 is 10.5 Å². The minimum atomic E-state index is -0.375. The summed E-state index contributed by atoms with van der Waals surface area (Å²) in [5, 5.41) is 0. The number of primary amides is 1. The Hall–Kier alpha value is -2.04. The molecule has 5 nitrogen and oxygen atoms in total. The zero-order valence-electron chi connectivity index (χ0n) is 10.3. The quantitative estimate of drug-likeness (QED) is 0.588. The van der Waals surface area contributed by atoms with Crippen LogP contribution in [-0.2, 0) is 9.53 Å². The Morgan fingerprint density at radius 3 is 2.78 bits per heavy atom. The maximum atomic E-state index is 11.5. The molecule has 1 aromatic carbocycles. The lowest BCUT2D eigenvalue weighted by molar-refractivity contribution is -0.118. The number of ether oxygens (including phenoxy) is 2. The van der Waals surface area contributed by atoms with Gasteiger partial charge in [-0.2, -0.15) is 0 Å². The molecule has 0 saturated heterocycles. The van der Waals surface area contributed by atoms with E-state index >= 15 is 0 Å². The molecule has 98 valence electrons. The van der Waals surface area contributed by atoms with Gasteiger partial charge in [-0.3, -0.25) is 4.79 Å². The van der Waals surface area contributed by atoms with E-state index in [-0.39, 0.29) is 18.3 Å². The van der Waals surface area contributed by atoms with Crippen LogP contribution in [0.25, 0.3) is 0 Å². The van der Waals surface area contributed by atoms with Gasteiger partial charge in [0.05, 0.1) is 18.8 Å². The lowest BCUT2D eigenvalue weighted by atomic mass is 10.2. The van der Waals surface area contributed by atoms with E-state index in [0.29, 0.717) is 30.9 Å². The number of hydrogen-bond acceptors (Lipinski definition) is 4. The number of benzene rings is 1. The van der Waals surface area contributed by atoms with Crippen molar-refractivity contribution >= 4 is 11.9 Å². The van der Waals surface area contributed by atoms with Gasteiger partial charge in [0, 0.05) is 6.42 Å². The molecule has 1 rings (SSSR count). The van der Waals surface area contributed by atoms with Gasteiger partial charge in [-0.25, -0.2) is 4.79 Å². The van der Waals surface area contributed by atoms with Crippen molar-refractivity contribution in [1.82, 2.24) is 0 Å². The predicted octanol–water partition coefficient (Wildman–Crippen LogP) is 1.51. The molecule has 0 spiro atoms. The second-order valence-electron chi connectivity index (χ2n) is 3.67. The summed E-state index contributed by atoms with van der Waals surface area (Å²) in [7, 11) is 0. The number of rotatable bonds is 7. The molecule has 2 N–H and O–H groups in total. The minimum absolute atomic E-state index is 0.289. The number of carbonyl (C=O) groups is 2. The zero-order valence-corrected chi connectivity index (χ0v) is 10.3. The fraction of sp³-hybridized carbons (Fsp3) is 0.385. The summed E-state index contributed by atoms with van der Waals surface area (Å²) >= 11 is 0. The molecule has 0 bridgehead atoms. The highest BCUT2D eigenvalue weighted by molar-refractivity contribution is 5.89. The van der Waals surface area contributed by atoms with Crippen LogP contribution in [0.3, 0.4) is 0 Å². The number of hydrogen-bond donors (Lipinski definition) is 1. The van der Waals surface area contributed by atoms with E-state index in [1.807, 2.05) is 0 Å². The molecule has 18 heavy (non-hydrogen) atoms. The van der Waals surface area contributed by atoms with E-state index in [1.165, 1.54) is 0 Å². The van der Waals surface area contributed by atoms with E-state index in [1.54, 1.807) is 31.2 Å². The summed E-state index contributed by atoms with van der Waals surface area (Å²) in [5.41, 5.74) is 5.46. The monoisotopic (exact) mass is 251 g/mol. The Labute approximate surface area is 106 Å². The summed E-state index contributed by atoms with van der Waals surface area (Å²) in [5.74, 6) is -0.149. The van der Waals surface area contributed by atoms with Gasteiger partial charge in [-0.05, 0) is 31.5 Å². The minimum Gasteiger partial charge on any atom is -0.494 e. The smallest absolute Gasteiger partial charge is 0.338 e. The molecular weight excluding hydrogens is 234 g/mol. The molecule has 1 amide bonds. The van der Waals surface area contributed by atoms with E-state index in [9.17, 15) is 9.59 Å². The standard InChI is InChI=1S/C13H17NO4/c1-2-17-13(16)10-5-3-6-11(9-10)18-8-4-7-12(14)15/h3,5-6,9H,2,4,7-8H2,1H3,(H2,14,15). The molecule has 0 heterocycles. The molecule has 1 aromatic rings. The van der Waals surface area contributed by atoms with Crippen molar-refractivity contribution in [1.29, 1.82) is 0 Å². The summed E-state index contributed by atoms with van der Waals surface area (Å²) < 4.78 is 10.3. The molecule has 0 fully saturated rings. The van der Waals surface area contributed by atoms with Crippen molar-refractivity contribution in [3.8, 4) is 5.75 Å². The number of amides is 1. The van der Waals surface area contributed by atoms with Crippen LogP contribution in [0.1, 0.15) is 30.1 Å². The summed E-state index contributed by atoms with van der Waals surface area (Å²) in [6.45, 7) is 2.47. The molecular formula is C13H17NO4. The molecule has 0 aliphatic carbocycles. The number of nitrogens with two attached hydrogens (primary N) is 1. The lowest BCUT2D eigenvalue weighted by Crippen LogP contribution is -2.12. The van der Waals surface area contributed by atoms with E-state index in [2.05, 4.69) is 0 Å². The van der Waals surface area contributed by atoms with Crippen LogP contribution in [0.4, 0.5) is 0 Å². The highest BCUT2D eigenvalue weighted by Crippen LogP contribution is 2.14. The maximum Gasteiger partial charge on any atom is 0.338 e. The Balaban J connectivity index is 2.49. The Bertz CT molecular complexity index is 417. The summed E-state index contributed by atoms with van der Waals surface area (Å²) in [6.07, 6.45) is 0.844. The zero-order chi connectivity index (χ0) is 13.4. The third-order valence-electron chi connectivity index (χ3n) is 2.18. The first-order valence-electron chi connectivity index (χ1n) is 5.81. The van der Waals surface area contributed by atoms with Gasteiger partial charge in [0.1, 0.15) is 5.75 Å². The van der Waals surface area contributed by atoms with Crippen molar-refractivity contribution in [3.63, 3.8) is 0 Å². The lowest BCUT2D eigenvalue weighted by Gasteiger charge is -2.07. The number of carbonyl (C=O) groups excluding carboxylic acids is 2. The topological polar surface area (TPSA) is 78.6 Å². The van der Waals surface area contributed by atoms with Gasteiger partial charge in [0.2, 0.25) is 5.91 Å². The SMILES string of the molecule is CCOC(=O)c1cccc(OCCCC(N)=O)c1. The van der Waals surface area contributed by atoms with Gasteiger partial charge in [-0.1, -0.05) is 6.07 Å². The highest BCUT2D eigenvalue weighted by atomic mass is 16.5. The largest absolute Gasteiger partial charge is 0.494 e. The fourth-order valence-electron chi connectivity index (χ4n) is 1.36. The Morgan fingerprint density at radius 1 is 1.33 bits per heavy atom. The average Bonchev–Trinajstić information content (AvgIpc) is 2.35. The normalized spacial score (nSPS) is 9.83.